The summed E-state index contributed by atoms with van der Waals surface area (Å²) >= 11 is 0. The van der Waals surface area contributed by atoms with Crippen LogP contribution in [-0.2, 0) is 0 Å². The van der Waals surface area contributed by atoms with Gasteiger partial charge in [0.25, 0.3) is 0 Å². The summed E-state index contributed by atoms with van der Waals surface area (Å²) in [5.74, 6) is -4.34. The predicted octanol–water partition coefficient (Wildman–Crippen LogP) is 3.49. The minimum atomic E-state index is -1.06. The normalized spacial score (nSPS) is 10.4. The number of hydrogen-bond acceptors (Lipinski definition) is 2. The van der Waals surface area contributed by atoms with E-state index in [2.05, 4.69) is 0 Å². The Hall–Kier alpha value is -2.50. The van der Waals surface area contributed by atoms with Crippen molar-refractivity contribution < 1.29 is 17.9 Å². The number of benzene rings is 2. The summed E-state index contributed by atoms with van der Waals surface area (Å²) < 4.78 is 46.0. The summed E-state index contributed by atoms with van der Waals surface area (Å²) in [5.41, 5.74) is 5.72. The Bertz CT molecular complexity index is 663. The zero-order valence-electron chi connectivity index (χ0n) is 10.5. The van der Waals surface area contributed by atoms with Gasteiger partial charge in [0.1, 0.15) is 5.84 Å². The molecule has 6 heteroatoms. The molecule has 0 aromatic heterocycles. The molecule has 0 aliphatic rings. The molecule has 3 nitrogen and oxygen atoms in total. The highest BCUT2D eigenvalue weighted by Gasteiger charge is 2.16. The second kappa shape index (κ2) is 5.24. The van der Waals surface area contributed by atoms with E-state index in [-0.39, 0.29) is 11.3 Å². The Morgan fingerprint density at radius 3 is 2.20 bits per heavy atom. The third-order valence-electron chi connectivity index (χ3n) is 2.61. The fraction of sp³-hybridized carbons (Fsp3) is 0.0714. The average molecular weight is 280 g/mol. The summed E-state index contributed by atoms with van der Waals surface area (Å²) in [6.45, 7) is 1.69. The fourth-order valence-corrected chi connectivity index (χ4v) is 1.61. The summed E-state index contributed by atoms with van der Waals surface area (Å²) in [7, 11) is 0. The van der Waals surface area contributed by atoms with Crippen molar-refractivity contribution in [2.45, 2.75) is 6.92 Å². The summed E-state index contributed by atoms with van der Waals surface area (Å²) in [5, 5.41) is 7.13. The Kier molecular flexibility index (Phi) is 3.65. The molecule has 0 radical (unpaired) electrons. The Labute approximate surface area is 113 Å². The van der Waals surface area contributed by atoms with Gasteiger partial charge in [-0.15, -0.1) is 0 Å². The largest absolute Gasteiger partial charge is 0.448 e. The van der Waals surface area contributed by atoms with E-state index in [0.29, 0.717) is 5.56 Å². The number of nitrogens with two attached hydrogens (primary N) is 1. The van der Waals surface area contributed by atoms with Gasteiger partial charge >= 0.3 is 0 Å². The van der Waals surface area contributed by atoms with Crippen LogP contribution in [0.4, 0.5) is 13.2 Å². The maximum atomic E-state index is 13.7. The van der Waals surface area contributed by atoms with E-state index < -0.39 is 29.0 Å². The summed E-state index contributed by atoms with van der Waals surface area (Å²) in [6.07, 6.45) is 0. The van der Waals surface area contributed by atoms with Gasteiger partial charge in [0.2, 0.25) is 0 Å². The first-order valence-corrected chi connectivity index (χ1v) is 5.66. The summed E-state index contributed by atoms with van der Waals surface area (Å²) in [4.78, 5) is 0. The lowest BCUT2D eigenvalue weighted by Crippen LogP contribution is -2.12. The molecule has 0 bridgehead atoms. The molecule has 2 aromatic carbocycles. The maximum absolute atomic E-state index is 13.7. The lowest BCUT2D eigenvalue weighted by atomic mass is 10.2. The first kappa shape index (κ1) is 13.9. The van der Waals surface area contributed by atoms with Crippen LogP contribution in [0.5, 0.6) is 11.5 Å². The molecule has 0 saturated heterocycles. The Balaban J connectivity index is 2.44. The predicted molar refractivity (Wildman–Crippen MR) is 68.6 cm³/mol. The molecule has 2 aromatic rings. The van der Waals surface area contributed by atoms with Gasteiger partial charge in [-0.05, 0) is 36.8 Å². The highest BCUT2D eigenvalue weighted by Crippen LogP contribution is 2.30. The maximum Gasteiger partial charge on any atom is 0.198 e. The van der Waals surface area contributed by atoms with Gasteiger partial charge < -0.3 is 10.5 Å². The number of nitrogens with one attached hydrogen (secondary N) is 1. The van der Waals surface area contributed by atoms with Crippen molar-refractivity contribution in [1.82, 2.24) is 0 Å². The van der Waals surface area contributed by atoms with Crippen LogP contribution in [0.25, 0.3) is 0 Å². The third kappa shape index (κ3) is 2.74. The van der Waals surface area contributed by atoms with Crippen LogP contribution in [-0.4, -0.2) is 5.84 Å². The summed E-state index contributed by atoms with van der Waals surface area (Å²) in [6, 6.07) is 5.69. The van der Waals surface area contributed by atoms with Crippen LogP contribution in [0.2, 0.25) is 0 Å². The van der Waals surface area contributed by atoms with Gasteiger partial charge in [0, 0.05) is 5.56 Å². The van der Waals surface area contributed by atoms with Crippen molar-refractivity contribution in [2.24, 2.45) is 5.73 Å². The molecule has 0 aliphatic carbocycles. The molecule has 0 unspecified atom stereocenters. The molecule has 3 N–H and O–H groups in total. The first-order chi connectivity index (χ1) is 9.38. The van der Waals surface area contributed by atoms with Gasteiger partial charge in [-0.3, -0.25) is 5.41 Å². The van der Waals surface area contributed by atoms with E-state index >= 15 is 0 Å². The molecule has 2 rings (SSSR count). The van der Waals surface area contributed by atoms with E-state index in [1.165, 1.54) is 12.1 Å². The van der Waals surface area contributed by atoms with Crippen LogP contribution in [0.1, 0.15) is 11.1 Å². The molecule has 0 fully saturated rings. The zero-order chi connectivity index (χ0) is 14.9. The highest BCUT2D eigenvalue weighted by molar-refractivity contribution is 5.95. The van der Waals surface area contributed by atoms with Crippen LogP contribution < -0.4 is 10.5 Å². The van der Waals surface area contributed by atoms with Gasteiger partial charge in [-0.1, -0.05) is 6.07 Å². The van der Waals surface area contributed by atoms with Crippen molar-refractivity contribution in [3.63, 3.8) is 0 Å². The smallest absolute Gasteiger partial charge is 0.198 e. The Morgan fingerprint density at radius 2 is 1.65 bits per heavy atom. The van der Waals surface area contributed by atoms with Crippen LogP contribution >= 0.6 is 0 Å². The Morgan fingerprint density at radius 1 is 1.05 bits per heavy atom. The topological polar surface area (TPSA) is 59.1 Å². The molecule has 104 valence electrons. The average Bonchev–Trinajstić information content (AvgIpc) is 2.37. The molecule has 0 aliphatic heterocycles. The van der Waals surface area contributed by atoms with Gasteiger partial charge in [0.15, 0.2) is 29.0 Å². The van der Waals surface area contributed by atoms with E-state index in [4.69, 9.17) is 15.9 Å². The third-order valence-corrected chi connectivity index (χ3v) is 2.61. The van der Waals surface area contributed by atoms with Crippen molar-refractivity contribution >= 4 is 5.84 Å². The minimum absolute atomic E-state index is 0.114. The number of aryl methyl sites for hydroxylation is 1. The highest BCUT2D eigenvalue weighted by atomic mass is 19.1. The van der Waals surface area contributed by atoms with Crippen molar-refractivity contribution in [2.75, 3.05) is 0 Å². The number of ether oxygens (including phenoxy) is 1. The number of amidine groups is 1. The van der Waals surface area contributed by atoms with Crippen molar-refractivity contribution in [1.29, 1.82) is 5.41 Å². The zero-order valence-corrected chi connectivity index (χ0v) is 10.5. The molecular weight excluding hydrogens is 269 g/mol. The van der Waals surface area contributed by atoms with Crippen LogP contribution in [0.15, 0.2) is 30.3 Å². The van der Waals surface area contributed by atoms with Gasteiger partial charge in [-0.25, -0.2) is 13.2 Å². The van der Waals surface area contributed by atoms with Gasteiger partial charge in [-0.2, -0.15) is 0 Å². The number of nitrogen functional groups attached to an aromatic ring is 1. The first-order valence-electron chi connectivity index (χ1n) is 5.66. The molecule has 0 saturated carbocycles. The number of rotatable bonds is 3. The fourth-order valence-electron chi connectivity index (χ4n) is 1.61. The standard InChI is InChI=1S/C14H11F3N2O/c1-7-2-3-9(15)12(4-7)20-13-10(16)5-8(14(18)19)6-11(13)17/h2-6H,1H3,(H3,18,19). The molecule has 20 heavy (non-hydrogen) atoms. The SMILES string of the molecule is Cc1ccc(F)c(Oc2c(F)cc(C(=N)N)cc2F)c1. The van der Waals surface area contributed by atoms with E-state index in [1.54, 1.807) is 6.92 Å². The lowest BCUT2D eigenvalue weighted by molar-refractivity contribution is 0.387. The van der Waals surface area contributed by atoms with E-state index in [1.807, 2.05) is 0 Å². The van der Waals surface area contributed by atoms with Gasteiger partial charge in [0.05, 0.1) is 0 Å². The molecule has 0 heterocycles. The lowest BCUT2D eigenvalue weighted by Gasteiger charge is -2.10. The van der Waals surface area contributed by atoms with E-state index in [9.17, 15) is 13.2 Å². The van der Waals surface area contributed by atoms with Crippen molar-refractivity contribution in [3.8, 4) is 11.5 Å². The number of halogens is 3. The number of hydrogen-bond donors (Lipinski definition) is 2. The van der Waals surface area contributed by atoms with E-state index in [0.717, 1.165) is 18.2 Å². The second-order valence-corrected chi connectivity index (χ2v) is 4.22. The van der Waals surface area contributed by atoms with Crippen molar-refractivity contribution in [3.05, 3.63) is 58.9 Å². The monoisotopic (exact) mass is 280 g/mol. The second-order valence-electron chi connectivity index (χ2n) is 4.22. The molecule has 0 atom stereocenters. The quantitative estimate of drug-likeness (QED) is 0.668. The van der Waals surface area contributed by atoms with Crippen LogP contribution in [0, 0.1) is 29.8 Å². The minimum Gasteiger partial charge on any atom is -0.448 e. The molecular formula is C14H11F3N2O. The molecule has 0 spiro atoms. The van der Waals surface area contributed by atoms with Crippen LogP contribution in [0.3, 0.4) is 0 Å². The molecule has 0 amide bonds.